The monoisotopic (exact) mass is 335 g/mol. The largest absolute Gasteiger partial charge is 0.342 e. The summed E-state index contributed by atoms with van der Waals surface area (Å²) in [6.45, 7) is 1.64. The van der Waals surface area contributed by atoms with Gasteiger partial charge in [-0.05, 0) is 36.1 Å². The molecule has 22 heavy (non-hydrogen) atoms. The molecule has 0 saturated heterocycles. The molecule has 1 aromatic carbocycles. The van der Waals surface area contributed by atoms with E-state index in [1.807, 2.05) is 12.1 Å². The van der Waals surface area contributed by atoms with Crippen molar-refractivity contribution in [2.24, 2.45) is 5.10 Å². The van der Waals surface area contributed by atoms with E-state index in [1.165, 1.54) is 11.3 Å². The molecule has 1 heterocycles. The molecule has 2 rings (SSSR count). The van der Waals surface area contributed by atoms with Crippen LogP contribution >= 0.6 is 22.9 Å². The SMILES string of the molecule is C/C(=N/NC(=O)CNC(=O)c1cccs1)c1ccc(Cl)cc1. The van der Waals surface area contributed by atoms with Gasteiger partial charge in [0.25, 0.3) is 11.8 Å². The number of nitrogens with zero attached hydrogens (tertiary/aromatic N) is 1. The molecule has 0 aliphatic carbocycles. The van der Waals surface area contributed by atoms with E-state index in [0.717, 1.165) is 5.56 Å². The molecule has 0 saturated carbocycles. The fraction of sp³-hybridized carbons (Fsp3) is 0.133. The number of benzene rings is 1. The highest BCUT2D eigenvalue weighted by Crippen LogP contribution is 2.10. The number of hydrazone groups is 1. The van der Waals surface area contributed by atoms with E-state index in [2.05, 4.69) is 15.8 Å². The van der Waals surface area contributed by atoms with E-state index in [0.29, 0.717) is 15.6 Å². The summed E-state index contributed by atoms with van der Waals surface area (Å²) in [7, 11) is 0. The lowest BCUT2D eigenvalue weighted by Gasteiger charge is -2.04. The molecule has 2 aromatic rings. The van der Waals surface area contributed by atoms with E-state index in [-0.39, 0.29) is 12.5 Å². The van der Waals surface area contributed by atoms with Gasteiger partial charge in [0.1, 0.15) is 0 Å². The molecule has 1 aromatic heterocycles. The lowest BCUT2D eigenvalue weighted by atomic mass is 10.1. The Balaban J connectivity index is 1.83. The van der Waals surface area contributed by atoms with Crippen LogP contribution in [0, 0.1) is 0 Å². The zero-order valence-corrected chi connectivity index (χ0v) is 13.4. The number of hydrogen-bond donors (Lipinski definition) is 2. The number of hydrogen-bond acceptors (Lipinski definition) is 4. The van der Waals surface area contributed by atoms with Gasteiger partial charge >= 0.3 is 0 Å². The van der Waals surface area contributed by atoms with E-state index < -0.39 is 5.91 Å². The Morgan fingerprint density at radius 2 is 1.95 bits per heavy atom. The number of halogens is 1. The third-order valence-corrected chi connectivity index (χ3v) is 3.89. The van der Waals surface area contributed by atoms with Crippen molar-refractivity contribution in [1.82, 2.24) is 10.7 Å². The second-order valence-electron chi connectivity index (χ2n) is 4.40. The number of nitrogens with one attached hydrogen (secondary N) is 2. The quantitative estimate of drug-likeness (QED) is 0.651. The lowest BCUT2D eigenvalue weighted by Crippen LogP contribution is -2.34. The Morgan fingerprint density at radius 1 is 1.23 bits per heavy atom. The van der Waals surface area contributed by atoms with Crippen molar-refractivity contribution in [2.45, 2.75) is 6.92 Å². The highest BCUT2D eigenvalue weighted by atomic mass is 35.5. The number of amides is 2. The first-order chi connectivity index (χ1) is 10.6. The Labute approximate surface area is 137 Å². The highest BCUT2D eigenvalue weighted by Gasteiger charge is 2.08. The Kier molecular flexibility index (Phi) is 5.68. The average Bonchev–Trinajstić information content (AvgIpc) is 3.05. The summed E-state index contributed by atoms with van der Waals surface area (Å²) >= 11 is 7.13. The van der Waals surface area contributed by atoms with Crippen LogP contribution in [0.25, 0.3) is 0 Å². The maximum Gasteiger partial charge on any atom is 0.261 e. The van der Waals surface area contributed by atoms with Gasteiger partial charge in [0.05, 0.1) is 17.1 Å². The van der Waals surface area contributed by atoms with E-state index in [9.17, 15) is 9.59 Å². The van der Waals surface area contributed by atoms with Crippen LogP contribution in [-0.2, 0) is 4.79 Å². The maximum atomic E-state index is 11.7. The molecule has 0 radical (unpaired) electrons. The molecular formula is C15H14ClN3O2S. The molecule has 114 valence electrons. The van der Waals surface area contributed by atoms with Gasteiger partial charge in [0, 0.05) is 5.02 Å². The van der Waals surface area contributed by atoms with Gasteiger partial charge in [-0.25, -0.2) is 5.43 Å². The van der Waals surface area contributed by atoms with Gasteiger partial charge in [-0.2, -0.15) is 5.10 Å². The van der Waals surface area contributed by atoms with Crippen LogP contribution in [0.5, 0.6) is 0 Å². The lowest BCUT2D eigenvalue weighted by molar-refractivity contribution is -0.120. The molecule has 0 bridgehead atoms. The topological polar surface area (TPSA) is 70.6 Å². The van der Waals surface area contributed by atoms with Crippen molar-refractivity contribution in [1.29, 1.82) is 0 Å². The smallest absolute Gasteiger partial charge is 0.261 e. The summed E-state index contributed by atoms with van der Waals surface area (Å²) < 4.78 is 0. The normalized spacial score (nSPS) is 11.1. The second-order valence-corrected chi connectivity index (χ2v) is 5.78. The molecule has 2 amide bonds. The van der Waals surface area contributed by atoms with Gasteiger partial charge in [-0.1, -0.05) is 29.8 Å². The zero-order chi connectivity index (χ0) is 15.9. The second kappa shape index (κ2) is 7.72. The van der Waals surface area contributed by atoms with Crippen LogP contribution in [0.4, 0.5) is 0 Å². The Morgan fingerprint density at radius 3 is 2.59 bits per heavy atom. The molecule has 0 atom stereocenters. The molecule has 5 nitrogen and oxygen atoms in total. The summed E-state index contributed by atoms with van der Waals surface area (Å²) in [4.78, 5) is 23.9. The van der Waals surface area contributed by atoms with Crippen LogP contribution in [-0.4, -0.2) is 24.1 Å². The molecule has 0 fully saturated rings. The van der Waals surface area contributed by atoms with Gasteiger partial charge in [0.15, 0.2) is 0 Å². The van der Waals surface area contributed by atoms with Crippen molar-refractivity contribution in [3.63, 3.8) is 0 Å². The van der Waals surface area contributed by atoms with Gasteiger partial charge in [-0.3, -0.25) is 9.59 Å². The molecule has 0 spiro atoms. The van der Waals surface area contributed by atoms with Gasteiger partial charge in [0.2, 0.25) is 0 Å². The van der Waals surface area contributed by atoms with Crippen molar-refractivity contribution in [3.05, 3.63) is 57.2 Å². The minimum absolute atomic E-state index is 0.131. The Bertz CT molecular complexity index is 681. The van der Waals surface area contributed by atoms with Crippen LogP contribution in [0.3, 0.4) is 0 Å². The first-order valence-corrected chi connectivity index (χ1v) is 7.73. The van der Waals surface area contributed by atoms with Crippen LogP contribution < -0.4 is 10.7 Å². The predicted molar refractivity (Wildman–Crippen MR) is 88.5 cm³/mol. The maximum absolute atomic E-state index is 11.7. The van der Waals surface area contributed by atoms with E-state index >= 15 is 0 Å². The van der Waals surface area contributed by atoms with Crippen LogP contribution in [0.2, 0.25) is 5.02 Å². The fourth-order valence-corrected chi connectivity index (χ4v) is 2.36. The standard InChI is InChI=1S/C15H14ClN3O2S/c1-10(11-4-6-12(16)7-5-11)18-19-14(20)9-17-15(21)13-3-2-8-22-13/h2-8H,9H2,1H3,(H,17,21)(H,19,20)/b18-10-. The van der Waals surface area contributed by atoms with Gasteiger partial charge in [-0.15, -0.1) is 11.3 Å². The third-order valence-electron chi connectivity index (χ3n) is 2.76. The van der Waals surface area contributed by atoms with Crippen molar-refractivity contribution in [2.75, 3.05) is 6.54 Å². The highest BCUT2D eigenvalue weighted by molar-refractivity contribution is 7.12. The average molecular weight is 336 g/mol. The summed E-state index contributed by atoms with van der Waals surface area (Å²) in [6, 6.07) is 10.6. The first kappa shape index (κ1) is 16.2. The molecule has 0 aliphatic heterocycles. The van der Waals surface area contributed by atoms with Gasteiger partial charge < -0.3 is 5.32 Å². The van der Waals surface area contributed by atoms with Crippen LogP contribution in [0.1, 0.15) is 22.2 Å². The first-order valence-electron chi connectivity index (χ1n) is 6.47. The van der Waals surface area contributed by atoms with Crippen LogP contribution in [0.15, 0.2) is 46.9 Å². The summed E-state index contributed by atoms with van der Waals surface area (Å²) in [5.74, 6) is -0.665. The van der Waals surface area contributed by atoms with Crippen molar-refractivity contribution in [3.8, 4) is 0 Å². The minimum atomic E-state index is -0.391. The molecular weight excluding hydrogens is 322 g/mol. The number of rotatable bonds is 5. The molecule has 7 heteroatoms. The summed E-state index contributed by atoms with van der Waals surface area (Å²) in [6.07, 6.45) is 0. The Hall–Kier alpha value is -2.18. The number of carbonyl (C=O) groups is 2. The summed E-state index contributed by atoms with van der Waals surface area (Å²) in [5.41, 5.74) is 3.90. The minimum Gasteiger partial charge on any atom is -0.342 e. The van der Waals surface area contributed by atoms with E-state index in [4.69, 9.17) is 11.6 Å². The predicted octanol–water partition coefficient (Wildman–Crippen LogP) is 2.67. The summed E-state index contributed by atoms with van der Waals surface area (Å²) in [5, 5.41) is 8.95. The fourth-order valence-electron chi connectivity index (χ4n) is 1.60. The molecule has 0 unspecified atom stereocenters. The number of thiophene rings is 1. The van der Waals surface area contributed by atoms with E-state index in [1.54, 1.807) is 36.6 Å². The molecule has 2 N–H and O–H groups in total. The third kappa shape index (κ3) is 4.68. The zero-order valence-electron chi connectivity index (χ0n) is 11.8. The van der Waals surface area contributed by atoms with Crippen molar-refractivity contribution >= 4 is 40.5 Å². The molecule has 0 aliphatic rings. The van der Waals surface area contributed by atoms with Crippen molar-refractivity contribution < 1.29 is 9.59 Å². The number of carbonyl (C=O) groups excluding carboxylic acids is 2.